The SMILES string of the molecule is NC[C@H]1C[C@@H](CNC(=O)c2cc(-c3ccc(F)cc3)cc(-c3ccc(F)cc3)c2)CN1. The van der Waals surface area contributed by atoms with E-state index in [1.165, 1.54) is 24.3 Å². The van der Waals surface area contributed by atoms with Crippen molar-refractivity contribution in [2.24, 2.45) is 11.7 Å². The van der Waals surface area contributed by atoms with E-state index in [4.69, 9.17) is 5.73 Å². The number of benzene rings is 3. The van der Waals surface area contributed by atoms with Gasteiger partial charge in [0.25, 0.3) is 5.91 Å². The molecule has 6 heteroatoms. The molecule has 4 rings (SSSR count). The second-order valence-corrected chi connectivity index (χ2v) is 7.97. The van der Waals surface area contributed by atoms with Crippen molar-refractivity contribution in [3.8, 4) is 22.3 Å². The Morgan fingerprint density at radius 1 is 0.903 bits per heavy atom. The topological polar surface area (TPSA) is 67.1 Å². The summed E-state index contributed by atoms with van der Waals surface area (Å²) in [6.07, 6.45) is 0.938. The fraction of sp³-hybridized carbons (Fsp3) is 0.240. The average Bonchev–Trinajstić information content (AvgIpc) is 3.26. The lowest BCUT2D eigenvalue weighted by Gasteiger charge is -2.13. The Balaban J connectivity index is 1.61. The number of nitrogens with one attached hydrogen (secondary N) is 2. The van der Waals surface area contributed by atoms with Crippen LogP contribution in [0.3, 0.4) is 0 Å². The molecule has 0 unspecified atom stereocenters. The molecule has 1 saturated heterocycles. The number of hydrogen-bond acceptors (Lipinski definition) is 3. The summed E-state index contributed by atoms with van der Waals surface area (Å²) in [5.41, 5.74) is 9.38. The van der Waals surface area contributed by atoms with Crippen LogP contribution in [0.1, 0.15) is 16.8 Å². The summed E-state index contributed by atoms with van der Waals surface area (Å²) in [7, 11) is 0. The Labute approximate surface area is 180 Å². The maximum atomic E-state index is 13.4. The molecule has 0 radical (unpaired) electrons. The average molecular weight is 421 g/mol. The molecule has 0 aliphatic carbocycles. The summed E-state index contributed by atoms with van der Waals surface area (Å²) in [5.74, 6) is -0.479. The van der Waals surface area contributed by atoms with Crippen LogP contribution >= 0.6 is 0 Å². The maximum Gasteiger partial charge on any atom is 0.251 e. The molecule has 0 aromatic heterocycles. The standard InChI is InChI=1S/C25H25F2N3O/c26-22-5-1-17(2-6-22)19-10-20(18-3-7-23(27)8-4-18)12-21(11-19)25(31)30-15-16-9-24(13-28)29-14-16/h1-8,10-12,16,24,29H,9,13-15,28H2,(H,30,31)/t16-,24-/m1/s1. The van der Waals surface area contributed by atoms with Gasteiger partial charge in [-0.25, -0.2) is 8.78 Å². The number of rotatable bonds is 6. The molecule has 3 aromatic carbocycles. The lowest BCUT2D eigenvalue weighted by atomic mass is 9.95. The minimum atomic E-state index is -0.322. The van der Waals surface area contributed by atoms with Crippen molar-refractivity contribution >= 4 is 5.91 Å². The number of carbonyl (C=O) groups is 1. The van der Waals surface area contributed by atoms with Crippen LogP contribution in [-0.4, -0.2) is 31.6 Å². The van der Waals surface area contributed by atoms with Gasteiger partial charge in [0.15, 0.2) is 0 Å². The highest BCUT2D eigenvalue weighted by Gasteiger charge is 2.23. The van der Waals surface area contributed by atoms with Crippen LogP contribution in [0.25, 0.3) is 22.3 Å². The van der Waals surface area contributed by atoms with Gasteiger partial charge in [-0.1, -0.05) is 24.3 Å². The zero-order valence-corrected chi connectivity index (χ0v) is 17.1. The van der Waals surface area contributed by atoms with Crippen molar-refractivity contribution in [2.45, 2.75) is 12.5 Å². The third kappa shape index (κ3) is 5.16. The Bertz CT molecular complexity index is 988. The summed E-state index contributed by atoms with van der Waals surface area (Å²) >= 11 is 0. The van der Waals surface area contributed by atoms with Crippen molar-refractivity contribution in [2.75, 3.05) is 19.6 Å². The second kappa shape index (κ2) is 9.37. The third-order valence-corrected chi connectivity index (χ3v) is 5.70. The molecular formula is C25H25F2N3O. The molecule has 1 heterocycles. The predicted octanol–water partition coefficient (Wildman–Crippen LogP) is 3.97. The van der Waals surface area contributed by atoms with Gasteiger partial charge >= 0.3 is 0 Å². The van der Waals surface area contributed by atoms with Gasteiger partial charge in [0.05, 0.1) is 0 Å². The summed E-state index contributed by atoms with van der Waals surface area (Å²) in [4.78, 5) is 13.0. The van der Waals surface area contributed by atoms with E-state index in [0.29, 0.717) is 30.6 Å². The quantitative estimate of drug-likeness (QED) is 0.564. The normalized spacial score (nSPS) is 18.2. The zero-order valence-electron chi connectivity index (χ0n) is 17.1. The van der Waals surface area contributed by atoms with Crippen LogP contribution in [0, 0.1) is 17.6 Å². The molecule has 1 aliphatic heterocycles. The number of halogens is 2. The molecule has 1 amide bonds. The van der Waals surface area contributed by atoms with Crippen LogP contribution in [-0.2, 0) is 0 Å². The highest BCUT2D eigenvalue weighted by molar-refractivity contribution is 5.97. The number of carbonyl (C=O) groups excluding carboxylic acids is 1. The van der Waals surface area contributed by atoms with Gasteiger partial charge < -0.3 is 16.4 Å². The predicted molar refractivity (Wildman–Crippen MR) is 119 cm³/mol. The minimum Gasteiger partial charge on any atom is -0.352 e. The van der Waals surface area contributed by atoms with Crippen molar-refractivity contribution in [3.63, 3.8) is 0 Å². The monoisotopic (exact) mass is 421 g/mol. The van der Waals surface area contributed by atoms with Crippen molar-refractivity contribution in [3.05, 3.63) is 83.9 Å². The summed E-state index contributed by atoms with van der Waals surface area (Å²) in [6.45, 7) is 1.98. The van der Waals surface area contributed by atoms with Crippen LogP contribution in [0.5, 0.6) is 0 Å². The van der Waals surface area contributed by atoms with Gasteiger partial charge in [-0.2, -0.15) is 0 Å². The molecule has 0 spiro atoms. The molecule has 1 aliphatic rings. The molecule has 0 bridgehead atoms. The fourth-order valence-corrected chi connectivity index (χ4v) is 3.95. The van der Waals surface area contributed by atoms with Gasteiger partial charge in [0.1, 0.15) is 11.6 Å². The van der Waals surface area contributed by atoms with Crippen LogP contribution in [0.4, 0.5) is 8.78 Å². The maximum absolute atomic E-state index is 13.4. The molecule has 4 nitrogen and oxygen atoms in total. The van der Waals surface area contributed by atoms with Gasteiger partial charge in [-0.15, -0.1) is 0 Å². The zero-order chi connectivity index (χ0) is 21.8. The summed E-state index contributed by atoms with van der Waals surface area (Å²) in [6, 6.07) is 18.1. The van der Waals surface area contributed by atoms with Gasteiger partial charge in [0.2, 0.25) is 0 Å². The Morgan fingerprint density at radius 3 is 1.94 bits per heavy atom. The highest BCUT2D eigenvalue weighted by atomic mass is 19.1. The van der Waals surface area contributed by atoms with E-state index in [2.05, 4.69) is 10.6 Å². The van der Waals surface area contributed by atoms with Crippen LogP contribution < -0.4 is 16.4 Å². The van der Waals surface area contributed by atoms with E-state index in [1.54, 1.807) is 36.4 Å². The van der Waals surface area contributed by atoms with E-state index in [9.17, 15) is 13.6 Å². The number of amides is 1. The minimum absolute atomic E-state index is 0.177. The Hall–Kier alpha value is -3.09. The largest absolute Gasteiger partial charge is 0.352 e. The number of hydrogen-bond donors (Lipinski definition) is 3. The van der Waals surface area contributed by atoms with Gasteiger partial charge in [-0.3, -0.25) is 4.79 Å². The van der Waals surface area contributed by atoms with Crippen molar-refractivity contribution in [1.82, 2.24) is 10.6 Å². The molecule has 0 saturated carbocycles. The lowest BCUT2D eigenvalue weighted by Crippen LogP contribution is -2.30. The second-order valence-electron chi connectivity index (χ2n) is 7.97. The summed E-state index contributed by atoms with van der Waals surface area (Å²) < 4.78 is 26.8. The first kappa shape index (κ1) is 21.2. The van der Waals surface area contributed by atoms with Crippen molar-refractivity contribution in [1.29, 1.82) is 0 Å². The van der Waals surface area contributed by atoms with E-state index in [1.807, 2.05) is 6.07 Å². The van der Waals surface area contributed by atoms with Crippen LogP contribution in [0.15, 0.2) is 66.7 Å². The molecule has 2 atom stereocenters. The molecule has 4 N–H and O–H groups in total. The smallest absolute Gasteiger partial charge is 0.251 e. The first-order chi connectivity index (χ1) is 15.0. The first-order valence-corrected chi connectivity index (χ1v) is 10.4. The molecule has 3 aromatic rings. The molecule has 160 valence electrons. The Kier molecular flexibility index (Phi) is 6.39. The fourth-order valence-electron chi connectivity index (χ4n) is 3.95. The van der Waals surface area contributed by atoms with Gasteiger partial charge in [-0.05, 0) is 77.1 Å². The van der Waals surface area contributed by atoms with E-state index in [0.717, 1.165) is 35.2 Å². The lowest BCUT2D eigenvalue weighted by molar-refractivity contribution is 0.0948. The van der Waals surface area contributed by atoms with E-state index in [-0.39, 0.29) is 17.5 Å². The Morgan fingerprint density at radius 2 is 1.45 bits per heavy atom. The first-order valence-electron chi connectivity index (χ1n) is 10.4. The molecule has 1 fully saturated rings. The number of nitrogens with two attached hydrogens (primary N) is 1. The van der Waals surface area contributed by atoms with Gasteiger partial charge in [0, 0.05) is 31.2 Å². The molecular weight excluding hydrogens is 396 g/mol. The highest BCUT2D eigenvalue weighted by Crippen LogP contribution is 2.29. The molecule has 31 heavy (non-hydrogen) atoms. The van der Waals surface area contributed by atoms with Crippen molar-refractivity contribution < 1.29 is 13.6 Å². The third-order valence-electron chi connectivity index (χ3n) is 5.70. The van der Waals surface area contributed by atoms with E-state index >= 15 is 0 Å². The summed E-state index contributed by atoms with van der Waals surface area (Å²) in [5, 5.41) is 6.37. The van der Waals surface area contributed by atoms with Crippen LogP contribution in [0.2, 0.25) is 0 Å². The van der Waals surface area contributed by atoms with E-state index < -0.39 is 0 Å².